The lowest BCUT2D eigenvalue weighted by atomic mass is 10.1. The largest absolute Gasteiger partial charge is 0.468 e. The summed E-state index contributed by atoms with van der Waals surface area (Å²) in [4.78, 5) is 9.68. The van der Waals surface area contributed by atoms with E-state index in [1.807, 2.05) is 6.07 Å². The molecule has 1 fully saturated rings. The molecule has 3 heterocycles. The summed E-state index contributed by atoms with van der Waals surface area (Å²) in [6.45, 7) is 6.73. The Morgan fingerprint density at radius 2 is 2.04 bits per heavy atom. The van der Waals surface area contributed by atoms with Gasteiger partial charge in [-0.1, -0.05) is 6.42 Å². The molecule has 1 atom stereocenters. The summed E-state index contributed by atoms with van der Waals surface area (Å²) in [6, 6.07) is 8.49. The van der Waals surface area contributed by atoms with Gasteiger partial charge in [-0.25, -0.2) is 0 Å². The van der Waals surface area contributed by atoms with Crippen LogP contribution in [0.2, 0.25) is 0 Å². The Labute approximate surface area is 186 Å². The molecular weight excluding hydrogens is 465 g/mol. The zero-order chi connectivity index (χ0) is 19.1. The molecule has 0 amide bonds. The maximum absolute atomic E-state index is 5.75. The van der Waals surface area contributed by atoms with Crippen molar-refractivity contribution >= 4 is 29.9 Å². The molecule has 2 aromatic rings. The molecular formula is C21H34IN5O. The first kappa shape index (κ1) is 22.8. The first-order valence-corrected chi connectivity index (χ1v) is 10.1. The Morgan fingerprint density at radius 3 is 2.64 bits per heavy atom. The highest BCUT2D eigenvalue weighted by Gasteiger charge is 2.24. The van der Waals surface area contributed by atoms with Gasteiger partial charge < -0.3 is 19.2 Å². The molecule has 1 aliphatic rings. The quantitative estimate of drug-likeness (QED) is 0.357. The maximum Gasteiger partial charge on any atom is 0.194 e. The van der Waals surface area contributed by atoms with Gasteiger partial charge in [-0.15, -0.1) is 24.0 Å². The Hall–Kier alpha value is -1.48. The molecule has 2 aromatic heterocycles. The van der Waals surface area contributed by atoms with E-state index in [9.17, 15) is 0 Å². The number of aromatic nitrogens is 1. The van der Waals surface area contributed by atoms with Crippen molar-refractivity contribution in [3.8, 4) is 0 Å². The van der Waals surface area contributed by atoms with Gasteiger partial charge >= 0.3 is 0 Å². The molecule has 0 saturated carbocycles. The van der Waals surface area contributed by atoms with Crippen LogP contribution in [0.15, 0.2) is 46.1 Å². The van der Waals surface area contributed by atoms with Crippen LogP contribution in [-0.4, -0.2) is 53.6 Å². The standard InChI is InChI=1S/C21H33N5O.HI/c1-4-22-21(25(3)17-18-10-8-12-24(18)2)23-16-19(20-11-9-15-27-20)26-13-6-5-7-14-26;/h8-12,15,19H,4-7,13-14,16-17H2,1-3H3,(H,22,23);1H. The van der Waals surface area contributed by atoms with Crippen LogP contribution in [0.1, 0.15) is 43.7 Å². The second-order valence-corrected chi connectivity index (χ2v) is 7.29. The molecule has 156 valence electrons. The molecule has 6 nitrogen and oxygen atoms in total. The van der Waals surface area contributed by atoms with Crippen molar-refractivity contribution in [2.24, 2.45) is 12.0 Å². The van der Waals surface area contributed by atoms with E-state index in [0.29, 0.717) is 6.54 Å². The monoisotopic (exact) mass is 499 g/mol. The number of likely N-dealkylation sites (tertiary alicyclic amines) is 1. The van der Waals surface area contributed by atoms with E-state index in [-0.39, 0.29) is 30.0 Å². The van der Waals surface area contributed by atoms with Crippen molar-refractivity contribution in [2.75, 3.05) is 33.2 Å². The highest BCUT2D eigenvalue weighted by atomic mass is 127. The molecule has 1 aliphatic heterocycles. The minimum absolute atomic E-state index is 0. The number of rotatable bonds is 7. The molecule has 0 aliphatic carbocycles. The average Bonchev–Trinajstić information content (AvgIpc) is 3.34. The summed E-state index contributed by atoms with van der Waals surface area (Å²) < 4.78 is 7.91. The normalized spacial score (nSPS) is 16.5. The summed E-state index contributed by atoms with van der Waals surface area (Å²) in [5.74, 6) is 1.95. The van der Waals surface area contributed by atoms with E-state index < -0.39 is 0 Å². The molecule has 7 heteroatoms. The second-order valence-electron chi connectivity index (χ2n) is 7.29. The highest BCUT2D eigenvalue weighted by molar-refractivity contribution is 14.0. The third-order valence-electron chi connectivity index (χ3n) is 5.26. The third-order valence-corrected chi connectivity index (χ3v) is 5.26. The first-order valence-electron chi connectivity index (χ1n) is 10.1. The number of aryl methyl sites for hydroxylation is 1. The van der Waals surface area contributed by atoms with Gasteiger partial charge in [0.05, 0.1) is 25.4 Å². The van der Waals surface area contributed by atoms with Crippen molar-refractivity contribution in [2.45, 2.75) is 38.8 Å². The summed E-state index contributed by atoms with van der Waals surface area (Å²) in [6.07, 6.45) is 7.69. The smallest absolute Gasteiger partial charge is 0.194 e. The summed E-state index contributed by atoms with van der Waals surface area (Å²) in [5.41, 5.74) is 1.27. The van der Waals surface area contributed by atoms with Gasteiger partial charge in [0.2, 0.25) is 0 Å². The van der Waals surface area contributed by atoms with Crippen LogP contribution in [-0.2, 0) is 13.6 Å². The predicted octanol–water partition coefficient (Wildman–Crippen LogP) is 3.86. The Morgan fingerprint density at radius 1 is 1.25 bits per heavy atom. The second kappa shape index (κ2) is 11.5. The van der Waals surface area contributed by atoms with Gasteiger partial charge in [-0.2, -0.15) is 0 Å². The van der Waals surface area contributed by atoms with Gasteiger partial charge in [0.1, 0.15) is 5.76 Å². The predicted molar refractivity (Wildman–Crippen MR) is 125 cm³/mol. The molecule has 0 radical (unpaired) electrons. The number of piperidine rings is 1. The number of aliphatic imine (C=N–C) groups is 1. The van der Waals surface area contributed by atoms with Crippen LogP contribution in [0.5, 0.6) is 0 Å². The number of halogens is 1. The number of guanidine groups is 1. The van der Waals surface area contributed by atoms with Gasteiger partial charge in [0, 0.05) is 32.5 Å². The Bertz CT molecular complexity index is 706. The van der Waals surface area contributed by atoms with Crippen LogP contribution < -0.4 is 5.32 Å². The van der Waals surface area contributed by atoms with Gasteiger partial charge in [0.25, 0.3) is 0 Å². The number of nitrogens with zero attached hydrogens (tertiary/aromatic N) is 4. The summed E-state index contributed by atoms with van der Waals surface area (Å²) >= 11 is 0. The van der Waals surface area contributed by atoms with E-state index in [4.69, 9.17) is 9.41 Å². The summed E-state index contributed by atoms with van der Waals surface area (Å²) in [7, 11) is 4.17. The number of hydrogen-bond donors (Lipinski definition) is 1. The molecule has 1 saturated heterocycles. The first-order chi connectivity index (χ1) is 13.2. The summed E-state index contributed by atoms with van der Waals surface area (Å²) in [5, 5.41) is 3.44. The lowest BCUT2D eigenvalue weighted by Gasteiger charge is -2.33. The number of nitrogens with one attached hydrogen (secondary N) is 1. The third kappa shape index (κ3) is 6.01. The Balaban J connectivity index is 0.00000280. The van der Waals surface area contributed by atoms with Crippen LogP contribution in [0.3, 0.4) is 0 Å². The molecule has 1 N–H and O–H groups in total. The van der Waals surface area contributed by atoms with Gasteiger partial charge in [-0.3, -0.25) is 9.89 Å². The van der Waals surface area contributed by atoms with E-state index in [2.05, 4.69) is 65.1 Å². The van der Waals surface area contributed by atoms with Crippen molar-refractivity contribution in [1.29, 1.82) is 0 Å². The molecule has 1 unspecified atom stereocenters. The van der Waals surface area contributed by atoms with E-state index >= 15 is 0 Å². The van der Waals surface area contributed by atoms with Gasteiger partial charge in [-0.05, 0) is 57.1 Å². The van der Waals surface area contributed by atoms with E-state index in [1.54, 1.807) is 6.26 Å². The zero-order valence-corrected chi connectivity index (χ0v) is 19.6. The SMILES string of the molecule is CCNC(=NCC(c1ccco1)N1CCCCC1)N(C)Cc1cccn1C.I. The fraction of sp³-hybridized carbons (Fsp3) is 0.571. The lowest BCUT2D eigenvalue weighted by Crippen LogP contribution is -2.40. The average molecular weight is 499 g/mol. The molecule has 3 rings (SSSR count). The van der Waals surface area contributed by atoms with Crippen molar-refractivity contribution in [3.63, 3.8) is 0 Å². The van der Waals surface area contributed by atoms with Crippen LogP contribution in [0.4, 0.5) is 0 Å². The molecule has 0 spiro atoms. The molecule has 0 bridgehead atoms. The van der Waals surface area contributed by atoms with Crippen molar-refractivity contribution in [3.05, 3.63) is 48.2 Å². The lowest BCUT2D eigenvalue weighted by molar-refractivity contribution is 0.150. The van der Waals surface area contributed by atoms with E-state index in [1.165, 1.54) is 25.0 Å². The topological polar surface area (TPSA) is 48.9 Å². The van der Waals surface area contributed by atoms with Crippen LogP contribution in [0, 0.1) is 0 Å². The van der Waals surface area contributed by atoms with Crippen LogP contribution >= 0.6 is 24.0 Å². The van der Waals surface area contributed by atoms with E-state index in [0.717, 1.165) is 37.9 Å². The minimum atomic E-state index is 0. The number of furan rings is 1. The highest BCUT2D eigenvalue weighted by Crippen LogP contribution is 2.25. The van der Waals surface area contributed by atoms with Gasteiger partial charge in [0.15, 0.2) is 5.96 Å². The van der Waals surface area contributed by atoms with Crippen molar-refractivity contribution < 1.29 is 4.42 Å². The molecule has 0 aromatic carbocycles. The minimum Gasteiger partial charge on any atom is -0.468 e. The Kier molecular flexibility index (Phi) is 9.37. The maximum atomic E-state index is 5.75. The molecule has 28 heavy (non-hydrogen) atoms. The van der Waals surface area contributed by atoms with Crippen molar-refractivity contribution in [1.82, 2.24) is 19.7 Å². The fourth-order valence-electron chi connectivity index (χ4n) is 3.72. The van der Waals surface area contributed by atoms with Crippen LogP contribution in [0.25, 0.3) is 0 Å². The zero-order valence-electron chi connectivity index (χ0n) is 17.3. The fourth-order valence-corrected chi connectivity index (χ4v) is 3.72. The number of hydrogen-bond acceptors (Lipinski definition) is 3.